The molecule has 2 N–H and O–H groups in total. The highest BCUT2D eigenvalue weighted by Crippen LogP contribution is 2.50. The summed E-state index contributed by atoms with van der Waals surface area (Å²) < 4.78 is 11.2. The smallest absolute Gasteiger partial charge is 0.326 e. The molecule has 4 atom stereocenters. The van der Waals surface area contributed by atoms with Gasteiger partial charge in [0.05, 0.1) is 20.3 Å². The van der Waals surface area contributed by atoms with Crippen LogP contribution >= 0.6 is 11.6 Å². The van der Waals surface area contributed by atoms with Gasteiger partial charge < -0.3 is 24.8 Å². The Morgan fingerprint density at radius 1 is 1.13 bits per heavy atom. The number of halogens is 1. The van der Waals surface area contributed by atoms with E-state index in [1.54, 1.807) is 43.5 Å². The van der Waals surface area contributed by atoms with E-state index < -0.39 is 35.4 Å². The molecule has 1 amide bonds. The number of carbonyl (C=O) groups is 2. The minimum Gasteiger partial charge on any atom is -0.496 e. The van der Waals surface area contributed by atoms with Crippen LogP contribution in [-0.4, -0.2) is 53.2 Å². The lowest BCUT2D eigenvalue weighted by Gasteiger charge is -2.36. The number of rotatable bonds is 8. The molecule has 1 aromatic carbocycles. The molecule has 0 radical (unpaired) electrons. The number of amides is 1. The van der Waals surface area contributed by atoms with Gasteiger partial charge in [0.2, 0.25) is 11.8 Å². The maximum absolute atomic E-state index is 14.3. The first-order valence-corrected chi connectivity index (χ1v) is 14.1. The fourth-order valence-electron chi connectivity index (χ4n) is 6.50. The number of carbonyl (C=O) groups excluding carboxylic acids is 1. The van der Waals surface area contributed by atoms with Gasteiger partial charge in [0.1, 0.15) is 11.8 Å². The largest absolute Gasteiger partial charge is 0.496 e. The summed E-state index contributed by atoms with van der Waals surface area (Å²) in [4.78, 5) is 33.4. The van der Waals surface area contributed by atoms with Crippen molar-refractivity contribution in [2.24, 2.45) is 17.3 Å². The standard InChI is InChI=1S/C30H40ClN3O5/c1-30(2,3)23-24(33-17-19-13-14-20(31)16-22(19)38-4)25(21-12-9-15-32-27(21)39-5)34(26(23)29(36)37)28(35)18-10-7-6-8-11-18/h9,12-16,18,23-26,33H,6-8,10-11,17H2,1-5H3,(H,36,37). The molecule has 2 aromatic rings. The van der Waals surface area contributed by atoms with Crippen LogP contribution in [0.25, 0.3) is 0 Å². The lowest BCUT2D eigenvalue weighted by molar-refractivity contribution is -0.154. The molecule has 4 unspecified atom stereocenters. The van der Waals surface area contributed by atoms with E-state index in [1.165, 1.54) is 0 Å². The molecule has 2 fully saturated rings. The Balaban J connectivity index is 1.85. The van der Waals surface area contributed by atoms with Crippen LogP contribution < -0.4 is 14.8 Å². The van der Waals surface area contributed by atoms with Crippen molar-refractivity contribution < 1.29 is 24.2 Å². The third-order valence-corrected chi connectivity index (χ3v) is 8.45. The number of nitrogens with zero attached hydrogens (tertiary/aromatic N) is 2. The Kier molecular flexibility index (Phi) is 9.07. The van der Waals surface area contributed by atoms with Crippen molar-refractivity contribution in [2.75, 3.05) is 14.2 Å². The lowest BCUT2D eigenvalue weighted by Crippen LogP contribution is -2.49. The molecule has 9 heteroatoms. The number of hydrogen-bond acceptors (Lipinski definition) is 6. The van der Waals surface area contributed by atoms with Gasteiger partial charge in [-0.25, -0.2) is 9.78 Å². The highest BCUT2D eigenvalue weighted by molar-refractivity contribution is 6.30. The number of pyridine rings is 1. The predicted octanol–water partition coefficient (Wildman–Crippen LogP) is 5.49. The first-order chi connectivity index (χ1) is 18.6. The second-order valence-corrected chi connectivity index (χ2v) is 12.1. The Bertz CT molecular complexity index is 1180. The number of hydrogen-bond donors (Lipinski definition) is 2. The van der Waals surface area contributed by atoms with Gasteiger partial charge in [-0.1, -0.05) is 57.7 Å². The molecule has 2 heterocycles. The van der Waals surface area contributed by atoms with Gasteiger partial charge in [0, 0.05) is 46.8 Å². The van der Waals surface area contributed by atoms with Crippen molar-refractivity contribution in [3.05, 3.63) is 52.7 Å². The molecule has 212 valence electrons. The minimum absolute atomic E-state index is 0.0966. The van der Waals surface area contributed by atoms with E-state index in [2.05, 4.69) is 10.3 Å². The molecule has 0 spiro atoms. The fourth-order valence-corrected chi connectivity index (χ4v) is 6.67. The Hall–Kier alpha value is -2.84. The van der Waals surface area contributed by atoms with Crippen LogP contribution in [0.1, 0.15) is 70.0 Å². The van der Waals surface area contributed by atoms with E-state index in [4.69, 9.17) is 21.1 Å². The maximum Gasteiger partial charge on any atom is 0.326 e. The zero-order chi connectivity index (χ0) is 28.3. The number of likely N-dealkylation sites (tertiary alicyclic amines) is 1. The number of aromatic nitrogens is 1. The van der Waals surface area contributed by atoms with Crippen molar-refractivity contribution >= 4 is 23.5 Å². The molecular formula is C30H40ClN3O5. The number of aliphatic carboxylic acids is 1. The summed E-state index contributed by atoms with van der Waals surface area (Å²) in [6.07, 6.45) is 6.25. The van der Waals surface area contributed by atoms with Gasteiger partial charge in [0.15, 0.2) is 0 Å². The molecule has 1 aromatic heterocycles. The normalized spacial score (nSPS) is 24.0. The quantitative estimate of drug-likeness (QED) is 0.442. The topological polar surface area (TPSA) is 101 Å². The van der Waals surface area contributed by atoms with Crippen LogP contribution in [0.15, 0.2) is 36.5 Å². The van der Waals surface area contributed by atoms with Crippen LogP contribution in [0.5, 0.6) is 11.6 Å². The zero-order valence-electron chi connectivity index (χ0n) is 23.4. The molecule has 1 aliphatic carbocycles. The molecule has 1 saturated carbocycles. The van der Waals surface area contributed by atoms with Crippen molar-refractivity contribution in [3.8, 4) is 11.6 Å². The zero-order valence-corrected chi connectivity index (χ0v) is 24.2. The second kappa shape index (κ2) is 12.1. The number of nitrogens with one attached hydrogen (secondary N) is 1. The number of benzene rings is 1. The van der Waals surface area contributed by atoms with Gasteiger partial charge in [-0.15, -0.1) is 0 Å². The molecular weight excluding hydrogens is 518 g/mol. The molecule has 8 nitrogen and oxygen atoms in total. The summed E-state index contributed by atoms with van der Waals surface area (Å²) in [5.74, 6) is -0.669. The minimum atomic E-state index is -1.01. The van der Waals surface area contributed by atoms with Crippen LogP contribution in [0, 0.1) is 17.3 Å². The Morgan fingerprint density at radius 2 is 1.85 bits per heavy atom. The molecule has 2 aliphatic rings. The average Bonchev–Trinajstić information content (AvgIpc) is 3.28. The molecule has 1 saturated heterocycles. The number of ether oxygens (including phenoxy) is 2. The highest BCUT2D eigenvalue weighted by atomic mass is 35.5. The first-order valence-electron chi connectivity index (χ1n) is 13.7. The summed E-state index contributed by atoms with van der Waals surface area (Å²) >= 11 is 6.19. The van der Waals surface area contributed by atoms with E-state index in [-0.39, 0.29) is 11.8 Å². The van der Waals surface area contributed by atoms with Crippen molar-refractivity contribution in [1.82, 2.24) is 15.2 Å². The van der Waals surface area contributed by atoms with Crippen molar-refractivity contribution in [1.29, 1.82) is 0 Å². The average molecular weight is 558 g/mol. The van der Waals surface area contributed by atoms with E-state index in [9.17, 15) is 14.7 Å². The van der Waals surface area contributed by atoms with Crippen molar-refractivity contribution in [3.63, 3.8) is 0 Å². The van der Waals surface area contributed by atoms with Gasteiger partial charge in [0.25, 0.3) is 0 Å². The fraction of sp³-hybridized carbons (Fsp3) is 0.567. The molecule has 39 heavy (non-hydrogen) atoms. The third-order valence-electron chi connectivity index (χ3n) is 8.22. The third kappa shape index (κ3) is 6.02. The van der Waals surface area contributed by atoms with E-state index >= 15 is 0 Å². The van der Waals surface area contributed by atoms with E-state index in [0.717, 1.165) is 37.7 Å². The van der Waals surface area contributed by atoms with Crippen molar-refractivity contribution in [2.45, 2.75) is 77.5 Å². The van der Waals surface area contributed by atoms with Crippen LogP contribution in [0.2, 0.25) is 5.02 Å². The summed E-state index contributed by atoms with van der Waals surface area (Å²) in [5, 5.41) is 14.9. The summed E-state index contributed by atoms with van der Waals surface area (Å²) in [7, 11) is 3.14. The lowest BCUT2D eigenvalue weighted by atomic mass is 9.72. The number of methoxy groups -OCH3 is 2. The Morgan fingerprint density at radius 3 is 2.46 bits per heavy atom. The van der Waals surface area contributed by atoms with Gasteiger partial charge >= 0.3 is 5.97 Å². The molecule has 1 aliphatic heterocycles. The van der Waals surface area contributed by atoms with E-state index in [0.29, 0.717) is 28.8 Å². The monoisotopic (exact) mass is 557 g/mol. The van der Waals surface area contributed by atoms with Gasteiger partial charge in [-0.2, -0.15) is 0 Å². The SMILES string of the molecule is COc1cc(Cl)ccc1CNC1C(c2cccnc2OC)N(C(=O)C2CCCCC2)C(C(=O)O)C1C(C)(C)C. The number of carboxylic acid groups (broad SMARTS) is 1. The van der Waals surface area contributed by atoms with Gasteiger partial charge in [-0.3, -0.25) is 4.79 Å². The highest BCUT2D eigenvalue weighted by Gasteiger charge is 2.59. The van der Waals surface area contributed by atoms with Crippen LogP contribution in [0.4, 0.5) is 0 Å². The summed E-state index contributed by atoms with van der Waals surface area (Å²) in [6, 6.07) is 7.14. The summed E-state index contributed by atoms with van der Waals surface area (Å²) in [5.41, 5.74) is 1.14. The summed E-state index contributed by atoms with van der Waals surface area (Å²) in [6.45, 7) is 6.51. The van der Waals surface area contributed by atoms with Crippen LogP contribution in [0.3, 0.4) is 0 Å². The van der Waals surface area contributed by atoms with E-state index in [1.807, 2.05) is 32.9 Å². The van der Waals surface area contributed by atoms with Gasteiger partial charge in [-0.05, 0) is 42.5 Å². The maximum atomic E-state index is 14.3. The number of carboxylic acids is 1. The second-order valence-electron chi connectivity index (χ2n) is 11.7. The first kappa shape index (κ1) is 29.2. The Labute approximate surface area is 236 Å². The predicted molar refractivity (Wildman–Crippen MR) is 150 cm³/mol. The van der Waals surface area contributed by atoms with Crippen LogP contribution in [-0.2, 0) is 16.1 Å². The molecule has 0 bridgehead atoms. The molecule has 4 rings (SSSR count).